The maximum atomic E-state index is 4.63. The average molecular weight is 349 g/mol. The van der Waals surface area contributed by atoms with Crippen LogP contribution in [0.2, 0.25) is 0 Å². The lowest BCUT2D eigenvalue weighted by Crippen LogP contribution is -1.97. The number of thiophene rings is 1. The van der Waals surface area contributed by atoms with Crippen LogP contribution < -0.4 is 5.32 Å². The lowest BCUT2D eigenvalue weighted by atomic mass is 10.1. The van der Waals surface area contributed by atoms with Crippen molar-refractivity contribution in [2.24, 2.45) is 0 Å². The van der Waals surface area contributed by atoms with Crippen LogP contribution in [0.25, 0.3) is 21.1 Å². The van der Waals surface area contributed by atoms with Gasteiger partial charge in [-0.1, -0.05) is 0 Å². The summed E-state index contributed by atoms with van der Waals surface area (Å²) < 4.78 is 1.26. The van der Waals surface area contributed by atoms with E-state index in [1.165, 1.54) is 20.2 Å². The molecule has 0 fully saturated rings. The van der Waals surface area contributed by atoms with E-state index < -0.39 is 0 Å². The third-order valence-corrected chi connectivity index (χ3v) is 6.77. The van der Waals surface area contributed by atoms with Crippen LogP contribution >= 0.6 is 34.4 Å². The Morgan fingerprint density at radius 1 is 1.23 bits per heavy atom. The second-order valence-corrected chi connectivity index (χ2v) is 7.69. The van der Waals surface area contributed by atoms with Crippen molar-refractivity contribution in [2.45, 2.75) is 18.1 Å². The van der Waals surface area contributed by atoms with Gasteiger partial charge >= 0.3 is 0 Å². The molecular formula is C15H16N4S3. The summed E-state index contributed by atoms with van der Waals surface area (Å²) in [5.41, 5.74) is 4.46. The maximum Gasteiger partial charge on any atom is 0.222 e. The molecule has 0 saturated carbocycles. The zero-order chi connectivity index (χ0) is 15.7. The van der Waals surface area contributed by atoms with Gasteiger partial charge in [0.25, 0.3) is 0 Å². The number of rotatable bonds is 4. The van der Waals surface area contributed by atoms with Crippen LogP contribution in [0.15, 0.2) is 21.9 Å². The van der Waals surface area contributed by atoms with Crippen LogP contribution in [0.1, 0.15) is 11.3 Å². The second kappa shape index (κ2) is 6.36. The van der Waals surface area contributed by atoms with E-state index >= 15 is 0 Å². The Labute approximate surface area is 142 Å². The van der Waals surface area contributed by atoms with Gasteiger partial charge in [-0.05, 0) is 31.7 Å². The lowest BCUT2D eigenvalue weighted by Gasteiger charge is -2.05. The number of nitrogens with zero attached hydrogens (tertiary/aromatic N) is 3. The number of thiazole rings is 1. The molecule has 4 nitrogen and oxygen atoms in total. The molecule has 7 heteroatoms. The van der Waals surface area contributed by atoms with E-state index in [-0.39, 0.29) is 0 Å². The molecule has 0 unspecified atom stereocenters. The van der Waals surface area contributed by atoms with Crippen molar-refractivity contribution in [3.05, 3.63) is 28.9 Å². The summed E-state index contributed by atoms with van der Waals surface area (Å²) in [7, 11) is 1.83. The Balaban J connectivity index is 2.16. The van der Waals surface area contributed by atoms with Gasteiger partial charge < -0.3 is 5.32 Å². The first kappa shape index (κ1) is 15.5. The molecule has 0 aliphatic rings. The molecule has 0 aliphatic carbocycles. The lowest BCUT2D eigenvalue weighted by molar-refractivity contribution is 1.15. The summed E-state index contributed by atoms with van der Waals surface area (Å²) in [5, 5.41) is 6.18. The fourth-order valence-electron chi connectivity index (χ4n) is 2.21. The van der Waals surface area contributed by atoms with Gasteiger partial charge in [0.15, 0.2) is 0 Å². The molecule has 114 valence electrons. The van der Waals surface area contributed by atoms with Crippen molar-refractivity contribution < 1.29 is 0 Å². The van der Waals surface area contributed by atoms with Crippen molar-refractivity contribution in [2.75, 3.05) is 18.6 Å². The zero-order valence-electron chi connectivity index (χ0n) is 12.8. The van der Waals surface area contributed by atoms with Crippen LogP contribution in [0.4, 0.5) is 5.95 Å². The van der Waals surface area contributed by atoms with E-state index in [4.69, 9.17) is 0 Å². The minimum absolute atomic E-state index is 0.641. The third kappa shape index (κ3) is 2.76. The predicted molar refractivity (Wildman–Crippen MR) is 97.3 cm³/mol. The fourth-order valence-corrected chi connectivity index (χ4v) is 5.25. The maximum absolute atomic E-state index is 4.63. The highest BCUT2D eigenvalue weighted by atomic mass is 32.2. The van der Waals surface area contributed by atoms with E-state index in [9.17, 15) is 0 Å². The predicted octanol–water partition coefficient (Wildman–Crippen LogP) is 4.71. The summed E-state index contributed by atoms with van der Waals surface area (Å²) in [6.07, 6.45) is 3.90. The molecule has 22 heavy (non-hydrogen) atoms. The normalized spacial score (nSPS) is 10.9. The molecule has 0 aromatic carbocycles. The number of thioether (sulfide) groups is 1. The first-order valence-corrected chi connectivity index (χ1v) is 9.67. The Morgan fingerprint density at radius 2 is 2.05 bits per heavy atom. The number of anilines is 1. The highest BCUT2D eigenvalue weighted by molar-refractivity contribution is 8.00. The monoisotopic (exact) mass is 348 g/mol. The summed E-state index contributed by atoms with van der Waals surface area (Å²) in [5.74, 6) is 0.641. The molecule has 3 aromatic rings. The van der Waals surface area contributed by atoms with Gasteiger partial charge in [-0.3, -0.25) is 0 Å². The summed E-state index contributed by atoms with van der Waals surface area (Å²) in [6, 6.07) is 1.96. The smallest absolute Gasteiger partial charge is 0.222 e. The number of aromatic nitrogens is 3. The van der Waals surface area contributed by atoms with Crippen molar-refractivity contribution in [1.29, 1.82) is 0 Å². The molecule has 0 aliphatic heterocycles. The number of aryl methyl sites for hydroxylation is 1. The van der Waals surface area contributed by atoms with E-state index in [0.29, 0.717) is 5.95 Å². The van der Waals surface area contributed by atoms with Crippen LogP contribution in [0.5, 0.6) is 0 Å². The van der Waals surface area contributed by atoms with Crippen LogP contribution in [0, 0.1) is 13.8 Å². The molecule has 0 spiro atoms. The number of hydrogen-bond acceptors (Lipinski definition) is 7. The first-order chi connectivity index (χ1) is 10.6. The molecule has 0 saturated heterocycles. The Morgan fingerprint density at radius 3 is 2.68 bits per heavy atom. The standard InChI is InChI=1S/C15H16N4S3/c1-8-7-21-13(18-8)12-9(2)11(14(20-4)22-12)10-5-6-17-15(16-3)19-10/h5-7H,1-4H3,(H,16,17,19). The molecule has 0 atom stereocenters. The molecule has 3 heterocycles. The Hall–Kier alpha value is -1.44. The molecule has 0 radical (unpaired) electrons. The molecular weight excluding hydrogens is 332 g/mol. The topological polar surface area (TPSA) is 50.7 Å². The van der Waals surface area contributed by atoms with Gasteiger partial charge in [0.05, 0.1) is 14.8 Å². The second-order valence-electron chi connectivity index (χ2n) is 4.73. The Bertz CT molecular complexity index is 807. The summed E-state index contributed by atoms with van der Waals surface area (Å²) in [6.45, 7) is 4.18. The van der Waals surface area contributed by atoms with Gasteiger partial charge in [0, 0.05) is 29.9 Å². The largest absolute Gasteiger partial charge is 0.357 e. The van der Waals surface area contributed by atoms with E-state index in [2.05, 4.69) is 38.8 Å². The highest BCUT2D eigenvalue weighted by Gasteiger charge is 2.20. The minimum Gasteiger partial charge on any atom is -0.357 e. The van der Waals surface area contributed by atoms with Crippen molar-refractivity contribution in [3.63, 3.8) is 0 Å². The number of hydrogen-bond donors (Lipinski definition) is 1. The van der Waals surface area contributed by atoms with E-state index in [1.54, 1.807) is 40.6 Å². The molecule has 3 rings (SSSR count). The third-order valence-electron chi connectivity index (χ3n) is 3.25. The van der Waals surface area contributed by atoms with Crippen molar-refractivity contribution in [1.82, 2.24) is 15.0 Å². The van der Waals surface area contributed by atoms with E-state index in [1.807, 2.05) is 20.0 Å². The van der Waals surface area contributed by atoms with E-state index in [0.717, 1.165) is 16.4 Å². The Kier molecular flexibility index (Phi) is 4.46. The first-order valence-electron chi connectivity index (χ1n) is 6.75. The molecule has 0 amide bonds. The number of nitrogens with one attached hydrogen (secondary N) is 1. The van der Waals surface area contributed by atoms with Crippen LogP contribution in [-0.2, 0) is 0 Å². The van der Waals surface area contributed by atoms with Gasteiger partial charge in [-0.25, -0.2) is 15.0 Å². The quantitative estimate of drug-likeness (QED) is 0.692. The summed E-state index contributed by atoms with van der Waals surface area (Å²) in [4.78, 5) is 14.7. The zero-order valence-corrected chi connectivity index (χ0v) is 15.2. The SMILES string of the molecule is CNc1nccc(-c2c(SC)sc(-c3nc(C)cs3)c2C)n1. The van der Waals surface area contributed by atoms with Gasteiger partial charge in [-0.2, -0.15) is 0 Å². The van der Waals surface area contributed by atoms with Crippen molar-refractivity contribution >= 4 is 40.4 Å². The molecule has 0 bridgehead atoms. The fraction of sp³-hybridized carbons (Fsp3) is 0.267. The molecule has 3 aromatic heterocycles. The highest BCUT2D eigenvalue weighted by Crippen LogP contribution is 2.46. The van der Waals surface area contributed by atoms with Crippen LogP contribution in [0.3, 0.4) is 0 Å². The summed E-state index contributed by atoms with van der Waals surface area (Å²) >= 11 is 5.24. The van der Waals surface area contributed by atoms with Gasteiger partial charge in [-0.15, -0.1) is 34.4 Å². The molecule has 1 N–H and O–H groups in total. The van der Waals surface area contributed by atoms with Crippen LogP contribution in [-0.4, -0.2) is 28.3 Å². The van der Waals surface area contributed by atoms with Gasteiger partial charge in [0.1, 0.15) is 5.01 Å². The average Bonchev–Trinajstić information content (AvgIpc) is 3.10. The van der Waals surface area contributed by atoms with Gasteiger partial charge in [0.2, 0.25) is 5.95 Å². The minimum atomic E-state index is 0.641. The van der Waals surface area contributed by atoms with Crippen molar-refractivity contribution in [3.8, 4) is 21.1 Å².